The van der Waals surface area contributed by atoms with Crippen LogP contribution in [-0.2, 0) is 0 Å². The molecule has 5 aromatic carbocycles. The molecular weight excluding hydrogens is 388 g/mol. The number of fused-ring (bicyclic) bond motifs is 2. The van der Waals surface area contributed by atoms with E-state index in [1.807, 2.05) is 42.5 Å². The molecule has 32 heavy (non-hydrogen) atoms. The van der Waals surface area contributed by atoms with Crippen LogP contribution >= 0.6 is 0 Å². The molecule has 0 bridgehead atoms. The summed E-state index contributed by atoms with van der Waals surface area (Å²) in [5, 5.41) is 4.80. The van der Waals surface area contributed by atoms with Crippen LogP contribution in [0.15, 0.2) is 103 Å². The molecule has 0 radical (unpaired) electrons. The zero-order valence-corrected chi connectivity index (χ0v) is 17.7. The van der Waals surface area contributed by atoms with E-state index in [0.29, 0.717) is 0 Å². The summed E-state index contributed by atoms with van der Waals surface area (Å²) >= 11 is 0. The number of ether oxygens (including phenoxy) is 1. The second-order valence-electron chi connectivity index (χ2n) is 7.57. The first-order valence-electron chi connectivity index (χ1n) is 10.5. The summed E-state index contributed by atoms with van der Waals surface area (Å²) in [4.78, 5) is 0. The highest BCUT2D eigenvalue weighted by atomic mass is 16.5. The average Bonchev–Trinajstić information content (AvgIpc) is 2.86. The first-order chi connectivity index (χ1) is 15.8. The maximum atomic E-state index is 5.48. The smallest absolute Gasteiger partial charge is 0.121 e. The van der Waals surface area contributed by atoms with Gasteiger partial charge in [0.05, 0.1) is 7.11 Å². The minimum atomic E-state index is 0.748. The van der Waals surface area contributed by atoms with Crippen molar-refractivity contribution in [2.75, 3.05) is 7.11 Å². The fourth-order valence-electron chi connectivity index (χ4n) is 3.68. The molecule has 0 aromatic heterocycles. The summed E-state index contributed by atoms with van der Waals surface area (Å²) in [6, 6.07) is 35.0. The summed E-state index contributed by atoms with van der Waals surface area (Å²) in [6.07, 6.45) is 0. The van der Waals surface area contributed by atoms with Gasteiger partial charge in [0.1, 0.15) is 5.75 Å². The predicted octanol–water partition coefficient (Wildman–Crippen LogP) is 6.80. The molecule has 5 aromatic rings. The fourth-order valence-corrected chi connectivity index (χ4v) is 3.68. The van der Waals surface area contributed by atoms with Gasteiger partial charge in [0.2, 0.25) is 0 Å². The molecule has 150 valence electrons. The van der Waals surface area contributed by atoms with Crippen LogP contribution in [0.3, 0.4) is 0 Å². The van der Waals surface area contributed by atoms with Crippen molar-refractivity contribution in [1.82, 2.24) is 0 Å². The maximum Gasteiger partial charge on any atom is 0.121 e. The van der Waals surface area contributed by atoms with Crippen LogP contribution in [0.4, 0.5) is 0 Å². The third-order valence-electron chi connectivity index (χ3n) is 5.34. The van der Waals surface area contributed by atoms with E-state index in [9.17, 15) is 0 Å². The molecule has 5 rings (SSSR count). The van der Waals surface area contributed by atoms with Crippen molar-refractivity contribution in [3.63, 3.8) is 0 Å². The molecule has 0 saturated heterocycles. The van der Waals surface area contributed by atoms with Gasteiger partial charge in [0, 0.05) is 22.3 Å². The van der Waals surface area contributed by atoms with Crippen LogP contribution in [0.25, 0.3) is 21.5 Å². The van der Waals surface area contributed by atoms with Crippen molar-refractivity contribution < 1.29 is 4.74 Å². The van der Waals surface area contributed by atoms with E-state index in [2.05, 4.69) is 84.3 Å². The third-order valence-corrected chi connectivity index (χ3v) is 5.34. The van der Waals surface area contributed by atoms with Crippen molar-refractivity contribution in [3.8, 4) is 29.4 Å². The molecule has 0 unspecified atom stereocenters. The Bertz CT molecular complexity index is 1450. The van der Waals surface area contributed by atoms with Crippen LogP contribution in [-0.4, -0.2) is 7.11 Å². The van der Waals surface area contributed by atoms with Gasteiger partial charge in [-0.3, -0.25) is 0 Å². The Hall–Kier alpha value is -4.46. The van der Waals surface area contributed by atoms with E-state index in [-0.39, 0.29) is 0 Å². The standard InChI is InChI=1S/C31H20O/c1-32-31-21-25(12-10-23-14-16-27-6-2-4-8-29(27)19-23)18-26(22-31)13-11-24-15-17-28-7-3-5-9-30(28)20-24/h2-9,14-22H,1H3. The Morgan fingerprint density at radius 3 is 1.34 bits per heavy atom. The van der Waals surface area contributed by atoms with Crippen LogP contribution in [0, 0.1) is 23.7 Å². The highest BCUT2D eigenvalue weighted by molar-refractivity contribution is 5.84. The predicted molar refractivity (Wildman–Crippen MR) is 133 cm³/mol. The summed E-state index contributed by atoms with van der Waals surface area (Å²) in [6.45, 7) is 0. The molecule has 0 heterocycles. The Labute approximate surface area is 188 Å². The normalized spacial score (nSPS) is 10.2. The lowest BCUT2D eigenvalue weighted by molar-refractivity contribution is 0.414. The van der Waals surface area contributed by atoms with Gasteiger partial charge in [-0.15, -0.1) is 0 Å². The van der Waals surface area contributed by atoms with E-state index in [1.54, 1.807) is 7.11 Å². The monoisotopic (exact) mass is 408 g/mol. The summed E-state index contributed by atoms with van der Waals surface area (Å²) in [7, 11) is 1.66. The molecule has 1 nitrogen and oxygen atoms in total. The van der Waals surface area contributed by atoms with Gasteiger partial charge in [0.15, 0.2) is 0 Å². The van der Waals surface area contributed by atoms with Crippen molar-refractivity contribution in [1.29, 1.82) is 0 Å². The molecule has 0 aliphatic rings. The van der Waals surface area contributed by atoms with E-state index >= 15 is 0 Å². The lowest BCUT2D eigenvalue weighted by Gasteiger charge is -2.02. The molecule has 0 aliphatic heterocycles. The van der Waals surface area contributed by atoms with Gasteiger partial charge in [-0.05, 0) is 64.0 Å². The summed E-state index contributed by atoms with van der Waals surface area (Å²) in [5.41, 5.74) is 3.71. The SMILES string of the molecule is COc1cc(C#Cc2ccc3ccccc3c2)cc(C#Cc2ccc3ccccc3c2)c1. The molecule has 0 atom stereocenters. The largest absolute Gasteiger partial charge is 0.497 e. The quantitative estimate of drug-likeness (QED) is 0.277. The molecule has 0 fully saturated rings. The first-order valence-corrected chi connectivity index (χ1v) is 10.5. The van der Waals surface area contributed by atoms with E-state index in [4.69, 9.17) is 4.74 Å². The molecule has 0 N–H and O–H groups in total. The zero-order valence-electron chi connectivity index (χ0n) is 17.7. The second-order valence-corrected chi connectivity index (χ2v) is 7.57. The van der Waals surface area contributed by atoms with Crippen LogP contribution < -0.4 is 4.74 Å². The van der Waals surface area contributed by atoms with Gasteiger partial charge < -0.3 is 4.74 Å². The number of benzene rings is 5. The van der Waals surface area contributed by atoms with Crippen molar-refractivity contribution >= 4 is 21.5 Å². The van der Waals surface area contributed by atoms with Crippen LogP contribution in [0.1, 0.15) is 22.3 Å². The Kier molecular flexibility index (Phi) is 5.32. The van der Waals surface area contributed by atoms with Gasteiger partial charge >= 0.3 is 0 Å². The van der Waals surface area contributed by atoms with Crippen molar-refractivity contribution in [3.05, 3.63) is 125 Å². The molecule has 1 heteroatoms. The minimum absolute atomic E-state index is 0.748. The van der Waals surface area contributed by atoms with Crippen molar-refractivity contribution in [2.45, 2.75) is 0 Å². The topological polar surface area (TPSA) is 9.23 Å². The lowest BCUT2D eigenvalue weighted by Crippen LogP contribution is -1.87. The molecule has 0 amide bonds. The highest BCUT2D eigenvalue weighted by Crippen LogP contribution is 2.19. The van der Waals surface area contributed by atoms with Gasteiger partial charge in [-0.2, -0.15) is 0 Å². The van der Waals surface area contributed by atoms with E-state index < -0.39 is 0 Å². The van der Waals surface area contributed by atoms with Crippen LogP contribution in [0.2, 0.25) is 0 Å². The van der Waals surface area contributed by atoms with Gasteiger partial charge in [-0.1, -0.05) is 84.3 Å². The number of hydrogen-bond acceptors (Lipinski definition) is 1. The van der Waals surface area contributed by atoms with Gasteiger partial charge in [-0.25, -0.2) is 0 Å². The third kappa shape index (κ3) is 4.34. The second kappa shape index (κ2) is 8.73. The van der Waals surface area contributed by atoms with Crippen LogP contribution in [0.5, 0.6) is 5.75 Å². The number of rotatable bonds is 1. The zero-order chi connectivity index (χ0) is 21.8. The molecule has 0 saturated carbocycles. The minimum Gasteiger partial charge on any atom is -0.497 e. The average molecular weight is 409 g/mol. The van der Waals surface area contributed by atoms with E-state index in [0.717, 1.165) is 28.0 Å². The molecule has 0 spiro atoms. The highest BCUT2D eigenvalue weighted by Gasteiger charge is 1.99. The van der Waals surface area contributed by atoms with Crippen molar-refractivity contribution in [2.24, 2.45) is 0 Å². The Balaban J connectivity index is 1.46. The number of methoxy groups -OCH3 is 1. The Morgan fingerprint density at radius 1 is 0.438 bits per heavy atom. The lowest BCUT2D eigenvalue weighted by atomic mass is 10.1. The maximum absolute atomic E-state index is 5.48. The van der Waals surface area contributed by atoms with Gasteiger partial charge in [0.25, 0.3) is 0 Å². The number of hydrogen-bond donors (Lipinski definition) is 0. The Morgan fingerprint density at radius 2 is 0.875 bits per heavy atom. The summed E-state index contributed by atoms with van der Waals surface area (Å²) in [5.74, 6) is 13.8. The molecular formula is C31H20O. The summed E-state index contributed by atoms with van der Waals surface area (Å²) < 4.78 is 5.48. The molecule has 0 aliphatic carbocycles. The first kappa shape index (κ1) is 19.5. The fraction of sp³-hybridized carbons (Fsp3) is 0.0323. The van der Waals surface area contributed by atoms with E-state index in [1.165, 1.54) is 21.5 Å².